The zero-order valence-electron chi connectivity index (χ0n) is 56.4. The van der Waals surface area contributed by atoms with Crippen molar-refractivity contribution in [2.24, 2.45) is 0 Å². The number of hydrogen-bond donors (Lipinski definition) is 2. The minimum absolute atomic E-state index is 0.00707. The first-order chi connectivity index (χ1) is 40.5. The highest BCUT2D eigenvalue weighted by atomic mass is 31.2. The third kappa shape index (κ3) is 68.1. The number of carbonyl (C=O) groups excluding carboxylic acids is 1. The van der Waals surface area contributed by atoms with Gasteiger partial charge in [-0.25, -0.2) is 0 Å². The average Bonchev–Trinajstić information content (AvgIpc) is 3.50. The molecular weight excluding hydrogens is 1040 g/mol. The molecule has 0 saturated heterocycles. The Morgan fingerprint density at radius 1 is 0.410 bits per heavy atom. The molecular formula is C74H145N2O6P. The van der Waals surface area contributed by atoms with Crippen molar-refractivity contribution in [1.82, 2.24) is 5.32 Å². The number of amides is 1. The summed E-state index contributed by atoms with van der Waals surface area (Å²) in [5.74, 6) is -0.203. The molecule has 0 aromatic heterocycles. The SMILES string of the molecule is CCCCCCCCCCCCCCCC/C=C/CC/C=C/CC/C=C/C(O)C(COP(=O)([O-])OCC[N+](C)(C)C)NC(=O)CCCCCCCCCCCCCCCCCCCCCCCCCCCCCCCCCCCCCCC. The number of allylic oxidation sites excluding steroid dienone is 5. The monoisotopic (exact) mass is 1190 g/mol. The van der Waals surface area contributed by atoms with E-state index in [0.717, 1.165) is 44.9 Å². The van der Waals surface area contributed by atoms with Crippen LogP contribution in [0.5, 0.6) is 0 Å². The number of unbranched alkanes of at least 4 members (excludes halogenated alkanes) is 52. The van der Waals surface area contributed by atoms with Crippen molar-refractivity contribution < 1.29 is 32.9 Å². The van der Waals surface area contributed by atoms with Crippen molar-refractivity contribution in [3.8, 4) is 0 Å². The quantitative estimate of drug-likeness (QED) is 0.0272. The van der Waals surface area contributed by atoms with Gasteiger partial charge in [0.2, 0.25) is 5.91 Å². The van der Waals surface area contributed by atoms with Crippen molar-refractivity contribution in [2.45, 2.75) is 392 Å². The van der Waals surface area contributed by atoms with Crippen molar-refractivity contribution in [3.05, 3.63) is 36.5 Å². The summed E-state index contributed by atoms with van der Waals surface area (Å²) < 4.78 is 23.4. The fourth-order valence-corrected chi connectivity index (χ4v) is 12.1. The highest BCUT2D eigenvalue weighted by molar-refractivity contribution is 7.45. The molecule has 1 amide bonds. The van der Waals surface area contributed by atoms with Gasteiger partial charge in [-0.1, -0.05) is 365 Å². The molecule has 0 spiro atoms. The molecule has 9 heteroatoms. The summed E-state index contributed by atoms with van der Waals surface area (Å²) in [5.41, 5.74) is 0. The number of rotatable bonds is 69. The Bertz CT molecular complexity index is 1450. The zero-order valence-corrected chi connectivity index (χ0v) is 57.3. The minimum Gasteiger partial charge on any atom is -0.756 e. The fraction of sp³-hybridized carbons (Fsp3) is 0.905. The largest absolute Gasteiger partial charge is 0.756 e. The number of aliphatic hydroxyl groups excluding tert-OH is 1. The maximum atomic E-state index is 13.0. The number of likely N-dealkylation sites (N-methyl/N-ethyl adjacent to an activating group) is 1. The third-order valence-corrected chi connectivity index (χ3v) is 18.0. The van der Waals surface area contributed by atoms with Crippen LogP contribution in [0, 0.1) is 0 Å². The van der Waals surface area contributed by atoms with E-state index < -0.39 is 26.6 Å². The van der Waals surface area contributed by atoms with Gasteiger partial charge in [0.15, 0.2) is 0 Å². The smallest absolute Gasteiger partial charge is 0.268 e. The zero-order chi connectivity index (χ0) is 60.5. The van der Waals surface area contributed by atoms with Crippen molar-refractivity contribution in [3.63, 3.8) is 0 Å². The molecule has 0 aliphatic rings. The normalized spacial score (nSPS) is 13.8. The molecule has 0 saturated carbocycles. The number of nitrogens with one attached hydrogen (secondary N) is 1. The van der Waals surface area contributed by atoms with Gasteiger partial charge >= 0.3 is 0 Å². The van der Waals surface area contributed by atoms with Gasteiger partial charge in [0, 0.05) is 6.42 Å². The predicted molar refractivity (Wildman–Crippen MR) is 362 cm³/mol. The van der Waals surface area contributed by atoms with E-state index in [0.29, 0.717) is 17.4 Å². The van der Waals surface area contributed by atoms with Gasteiger partial charge in [-0.2, -0.15) is 0 Å². The topological polar surface area (TPSA) is 108 Å². The van der Waals surface area contributed by atoms with Crippen LogP contribution in [0.3, 0.4) is 0 Å². The van der Waals surface area contributed by atoms with Crippen LogP contribution in [0.25, 0.3) is 0 Å². The molecule has 0 aromatic rings. The lowest BCUT2D eigenvalue weighted by molar-refractivity contribution is -0.870. The van der Waals surface area contributed by atoms with Crippen LogP contribution >= 0.6 is 7.82 Å². The first-order valence-electron chi connectivity index (χ1n) is 36.9. The van der Waals surface area contributed by atoms with Crippen molar-refractivity contribution in [1.29, 1.82) is 0 Å². The van der Waals surface area contributed by atoms with E-state index in [1.165, 1.54) is 315 Å². The molecule has 0 heterocycles. The number of phosphoric ester groups is 1. The Balaban J connectivity index is 3.99. The first kappa shape index (κ1) is 81.7. The van der Waals surface area contributed by atoms with E-state index >= 15 is 0 Å². The molecule has 2 N–H and O–H groups in total. The molecule has 8 nitrogen and oxygen atoms in total. The first-order valence-corrected chi connectivity index (χ1v) is 38.3. The lowest BCUT2D eigenvalue weighted by Crippen LogP contribution is -2.45. The molecule has 0 fully saturated rings. The molecule has 83 heavy (non-hydrogen) atoms. The van der Waals surface area contributed by atoms with E-state index in [1.54, 1.807) is 6.08 Å². The van der Waals surface area contributed by atoms with E-state index in [-0.39, 0.29) is 12.5 Å². The predicted octanol–water partition coefficient (Wildman–Crippen LogP) is 23.0. The van der Waals surface area contributed by atoms with Crippen LogP contribution in [0.4, 0.5) is 0 Å². The third-order valence-electron chi connectivity index (χ3n) is 17.1. The van der Waals surface area contributed by atoms with Gasteiger partial charge in [0.05, 0.1) is 39.9 Å². The second kappa shape index (κ2) is 65.2. The lowest BCUT2D eigenvalue weighted by atomic mass is 10.0. The molecule has 0 radical (unpaired) electrons. The Hall–Kier alpha value is -1.28. The molecule has 492 valence electrons. The number of nitrogens with zero attached hydrogens (tertiary/aromatic N) is 1. The van der Waals surface area contributed by atoms with Gasteiger partial charge in [-0.15, -0.1) is 0 Å². The highest BCUT2D eigenvalue weighted by Crippen LogP contribution is 2.38. The Labute approximate surface area is 518 Å². The van der Waals surface area contributed by atoms with Crippen LogP contribution in [0.2, 0.25) is 0 Å². The fourth-order valence-electron chi connectivity index (χ4n) is 11.4. The van der Waals surface area contributed by atoms with Crippen molar-refractivity contribution >= 4 is 13.7 Å². The second-order valence-electron chi connectivity index (χ2n) is 26.6. The van der Waals surface area contributed by atoms with Gasteiger partial charge < -0.3 is 28.8 Å². The van der Waals surface area contributed by atoms with Crippen LogP contribution in [-0.4, -0.2) is 68.5 Å². The van der Waals surface area contributed by atoms with E-state index in [1.807, 2.05) is 27.2 Å². The summed E-state index contributed by atoms with van der Waals surface area (Å²) >= 11 is 0. The van der Waals surface area contributed by atoms with Gasteiger partial charge in [0.1, 0.15) is 13.2 Å². The lowest BCUT2D eigenvalue weighted by Gasteiger charge is -2.29. The van der Waals surface area contributed by atoms with Gasteiger partial charge in [-0.05, 0) is 44.9 Å². The van der Waals surface area contributed by atoms with Crippen LogP contribution < -0.4 is 10.2 Å². The Kier molecular flexibility index (Phi) is 64.2. The summed E-state index contributed by atoms with van der Waals surface area (Å²) in [6, 6.07) is -0.910. The van der Waals surface area contributed by atoms with Gasteiger partial charge in [0.25, 0.3) is 7.82 Å². The summed E-state index contributed by atoms with van der Waals surface area (Å²) in [6.45, 7) is 4.68. The van der Waals surface area contributed by atoms with Crippen LogP contribution in [0.1, 0.15) is 380 Å². The summed E-state index contributed by atoms with van der Waals surface area (Å²) in [6.07, 6.45) is 87.3. The number of hydrogen-bond acceptors (Lipinski definition) is 6. The maximum absolute atomic E-state index is 13.0. The Morgan fingerprint density at radius 3 is 0.976 bits per heavy atom. The van der Waals surface area contributed by atoms with Crippen LogP contribution in [0.15, 0.2) is 36.5 Å². The average molecular weight is 1190 g/mol. The van der Waals surface area contributed by atoms with E-state index in [9.17, 15) is 19.4 Å². The molecule has 0 rings (SSSR count). The molecule has 0 aromatic carbocycles. The molecule has 3 atom stereocenters. The number of phosphoric acid groups is 1. The Morgan fingerprint density at radius 2 is 0.675 bits per heavy atom. The summed E-state index contributed by atoms with van der Waals surface area (Å²) in [7, 11) is 1.25. The number of carbonyl (C=O) groups is 1. The summed E-state index contributed by atoms with van der Waals surface area (Å²) in [5, 5.41) is 13.9. The molecule has 0 bridgehead atoms. The highest BCUT2D eigenvalue weighted by Gasteiger charge is 2.23. The van der Waals surface area contributed by atoms with E-state index in [4.69, 9.17) is 9.05 Å². The van der Waals surface area contributed by atoms with Crippen LogP contribution in [-0.2, 0) is 18.4 Å². The number of quaternary nitrogens is 1. The summed E-state index contributed by atoms with van der Waals surface area (Å²) in [4.78, 5) is 25.6. The van der Waals surface area contributed by atoms with E-state index in [2.05, 4.69) is 43.5 Å². The molecule has 0 aliphatic carbocycles. The van der Waals surface area contributed by atoms with Crippen molar-refractivity contribution in [2.75, 3.05) is 40.9 Å². The molecule has 0 aliphatic heterocycles. The number of aliphatic hydroxyl groups is 1. The van der Waals surface area contributed by atoms with Gasteiger partial charge in [-0.3, -0.25) is 9.36 Å². The second-order valence-corrected chi connectivity index (χ2v) is 28.1. The molecule has 3 unspecified atom stereocenters. The maximum Gasteiger partial charge on any atom is 0.268 e. The standard InChI is InChI=1S/C74H145N2O6P/c1-6-8-10-12-14-16-18-20-22-24-26-28-30-32-33-34-35-36-37-38-39-40-41-42-43-44-46-48-50-52-54-56-58-60-62-64-66-68-74(78)75-72(71-82-83(79,80)81-70-69-76(3,4)5)73(77)67-65-63-61-59-57-55-53-51-49-47-45-31-29-27-25-23-21-19-17-15-13-11-9-7-2/h49,51,57,59,65,67,72-73,77H,6-48,50,52-56,58,60-64,66,68-71H2,1-5H3,(H-,75,78,79,80)/b51-49+,59-57+,67-65+. The minimum atomic E-state index is -4.61.